The molecule has 2 heterocycles. The molecule has 3 aromatic rings. The van der Waals surface area contributed by atoms with Crippen LogP contribution in [0.4, 0.5) is 5.69 Å². The van der Waals surface area contributed by atoms with Gasteiger partial charge in [-0.05, 0) is 38.0 Å². The summed E-state index contributed by atoms with van der Waals surface area (Å²) in [5.41, 5.74) is 1.63. The molecule has 152 valence electrons. The zero-order valence-electron chi connectivity index (χ0n) is 16.8. The molecule has 0 saturated heterocycles. The summed E-state index contributed by atoms with van der Waals surface area (Å²) in [6, 6.07) is 8.01. The van der Waals surface area contributed by atoms with Crippen molar-refractivity contribution < 1.29 is 9.59 Å². The van der Waals surface area contributed by atoms with E-state index in [1.165, 1.54) is 0 Å². The Hall–Kier alpha value is -2.93. The number of halogens is 1. The zero-order chi connectivity index (χ0) is 21.1. The average molecular weight is 414 g/mol. The van der Waals surface area contributed by atoms with Crippen LogP contribution in [0.3, 0.4) is 0 Å². The van der Waals surface area contributed by atoms with E-state index in [1.807, 2.05) is 38.4 Å². The molecule has 0 aliphatic rings. The lowest BCUT2D eigenvalue weighted by Gasteiger charge is -2.22. The number of aromatic nitrogens is 3. The highest BCUT2D eigenvalue weighted by atomic mass is 35.5. The first kappa shape index (κ1) is 20.8. The van der Waals surface area contributed by atoms with Crippen molar-refractivity contribution in [1.82, 2.24) is 20.1 Å². The van der Waals surface area contributed by atoms with E-state index in [0.717, 1.165) is 11.0 Å². The first-order chi connectivity index (χ1) is 13.8. The smallest absolute Gasteiger partial charge is 0.253 e. The molecule has 3 rings (SSSR count). The molecule has 0 spiro atoms. The number of carbonyl (C=O) groups excluding carboxylic acids is 2. The standard InChI is InChI=1S/C21H24ClN5O2/c1-12(2)18(26-20(28)16-7-5-6-8-17(16)22)21(29)25-15-9-14-10-24-27(13(3)4)19(14)23-11-15/h5-13,18H,1-4H3,(H,25,29)(H,26,28). The van der Waals surface area contributed by atoms with Gasteiger partial charge in [0.15, 0.2) is 5.65 Å². The lowest BCUT2D eigenvalue weighted by molar-refractivity contribution is -0.118. The number of rotatable bonds is 6. The molecule has 2 amide bonds. The van der Waals surface area contributed by atoms with Crippen LogP contribution in [-0.4, -0.2) is 32.6 Å². The minimum Gasteiger partial charge on any atom is -0.340 e. The van der Waals surface area contributed by atoms with E-state index in [0.29, 0.717) is 16.3 Å². The normalized spacial score (nSPS) is 12.4. The van der Waals surface area contributed by atoms with Crippen LogP contribution in [0.1, 0.15) is 44.1 Å². The highest BCUT2D eigenvalue weighted by Crippen LogP contribution is 2.20. The van der Waals surface area contributed by atoms with Gasteiger partial charge in [-0.2, -0.15) is 5.10 Å². The van der Waals surface area contributed by atoms with Crippen LogP contribution in [0, 0.1) is 5.92 Å². The van der Waals surface area contributed by atoms with Crippen molar-refractivity contribution in [2.24, 2.45) is 5.92 Å². The maximum absolute atomic E-state index is 12.8. The van der Waals surface area contributed by atoms with Gasteiger partial charge in [0.25, 0.3) is 5.91 Å². The van der Waals surface area contributed by atoms with Gasteiger partial charge in [-0.3, -0.25) is 9.59 Å². The predicted molar refractivity (Wildman–Crippen MR) is 114 cm³/mol. The fraction of sp³-hybridized carbons (Fsp3) is 0.333. The van der Waals surface area contributed by atoms with Gasteiger partial charge in [-0.15, -0.1) is 0 Å². The Bertz CT molecular complexity index is 1040. The molecule has 1 unspecified atom stereocenters. The summed E-state index contributed by atoms with van der Waals surface area (Å²) >= 11 is 6.09. The van der Waals surface area contributed by atoms with E-state index in [-0.39, 0.29) is 17.9 Å². The minimum absolute atomic E-state index is 0.123. The number of pyridine rings is 1. The quantitative estimate of drug-likeness (QED) is 0.637. The van der Waals surface area contributed by atoms with Gasteiger partial charge in [0.1, 0.15) is 6.04 Å². The monoisotopic (exact) mass is 413 g/mol. The first-order valence-corrected chi connectivity index (χ1v) is 9.85. The molecule has 1 aromatic carbocycles. The number of fused-ring (bicyclic) bond motifs is 1. The summed E-state index contributed by atoms with van der Waals surface area (Å²) in [4.78, 5) is 29.8. The highest BCUT2D eigenvalue weighted by Gasteiger charge is 2.25. The summed E-state index contributed by atoms with van der Waals surface area (Å²) in [6.07, 6.45) is 3.31. The van der Waals surface area contributed by atoms with E-state index in [1.54, 1.807) is 36.7 Å². The number of hydrogen-bond donors (Lipinski definition) is 2. The maximum atomic E-state index is 12.8. The Morgan fingerprint density at radius 3 is 2.48 bits per heavy atom. The molecule has 7 nitrogen and oxygen atoms in total. The fourth-order valence-corrected chi connectivity index (χ4v) is 3.23. The molecule has 0 aliphatic carbocycles. The third-order valence-electron chi connectivity index (χ3n) is 4.54. The second kappa shape index (κ2) is 8.61. The van der Waals surface area contributed by atoms with E-state index in [4.69, 9.17) is 11.6 Å². The Balaban J connectivity index is 1.77. The van der Waals surface area contributed by atoms with Crippen molar-refractivity contribution in [1.29, 1.82) is 0 Å². The van der Waals surface area contributed by atoms with Crippen molar-refractivity contribution in [3.63, 3.8) is 0 Å². The van der Waals surface area contributed by atoms with Crippen molar-refractivity contribution in [2.45, 2.75) is 39.8 Å². The van der Waals surface area contributed by atoms with Crippen molar-refractivity contribution in [3.8, 4) is 0 Å². The fourth-order valence-electron chi connectivity index (χ4n) is 3.01. The molecule has 0 aliphatic heterocycles. The molecule has 0 fully saturated rings. The predicted octanol–water partition coefficient (Wildman–Crippen LogP) is 4.06. The molecular formula is C21H24ClN5O2. The highest BCUT2D eigenvalue weighted by molar-refractivity contribution is 6.33. The summed E-state index contributed by atoms with van der Waals surface area (Å²) in [6.45, 7) is 7.79. The summed E-state index contributed by atoms with van der Waals surface area (Å²) in [7, 11) is 0. The summed E-state index contributed by atoms with van der Waals surface area (Å²) in [5.74, 6) is -0.837. The van der Waals surface area contributed by atoms with Crippen LogP contribution in [0.25, 0.3) is 11.0 Å². The number of nitrogens with zero attached hydrogens (tertiary/aromatic N) is 3. The Morgan fingerprint density at radius 1 is 1.10 bits per heavy atom. The van der Waals surface area contributed by atoms with Crippen LogP contribution in [0.15, 0.2) is 42.7 Å². The molecule has 8 heteroatoms. The van der Waals surface area contributed by atoms with Gasteiger partial charge in [-0.1, -0.05) is 37.6 Å². The van der Waals surface area contributed by atoms with Gasteiger partial charge < -0.3 is 10.6 Å². The number of anilines is 1. The lowest BCUT2D eigenvalue weighted by Crippen LogP contribution is -2.47. The molecule has 0 bridgehead atoms. The lowest BCUT2D eigenvalue weighted by atomic mass is 10.0. The number of benzene rings is 1. The Labute approximate surface area is 174 Å². The Kier molecular flexibility index (Phi) is 6.17. The molecule has 1 atom stereocenters. The molecule has 2 N–H and O–H groups in total. The second-order valence-corrected chi connectivity index (χ2v) is 7.89. The zero-order valence-corrected chi connectivity index (χ0v) is 17.6. The largest absolute Gasteiger partial charge is 0.340 e. The van der Waals surface area contributed by atoms with Crippen molar-refractivity contribution in [3.05, 3.63) is 53.3 Å². The van der Waals surface area contributed by atoms with Crippen LogP contribution >= 0.6 is 11.6 Å². The summed E-state index contributed by atoms with van der Waals surface area (Å²) < 4.78 is 1.82. The maximum Gasteiger partial charge on any atom is 0.253 e. The van der Waals surface area contributed by atoms with E-state index in [2.05, 4.69) is 20.7 Å². The third-order valence-corrected chi connectivity index (χ3v) is 4.87. The number of nitrogens with one attached hydrogen (secondary N) is 2. The van der Waals surface area contributed by atoms with Crippen LogP contribution in [0.2, 0.25) is 5.02 Å². The van der Waals surface area contributed by atoms with Gasteiger partial charge in [0.2, 0.25) is 5.91 Å². The second-order valence-electron chi connectivity index (χ2n) is 7.48. The molecule has 2 aromatic heterocycles. The third kappa shape index (κ3) is 4.56. The van der Waals surface area contributed by atoms with E-state index >= 15 is 0 Å². The molecular weight excluding hydrogens is 390 g/mol. The van der Waals surface area contributed by atoms with Gasteiger partial charge in [0, 0.05) is 11.4 Å². The van der Waals surface area contributed by atoms with Crippen LogP contribution < -0.4 is 10.6 Å². The van der Waals surface area contributed by atoms with Crippen LogP contribution in [-0.2, 0) is 4.79 Å². The number of hydrogen-bond acceptors (Lipinski definition) is 4. The molecule has 29 heavy (non-hydrogen) atoms. The average Bonchev–Trinajstić information content (AvgIpc) is 3.09. The van der Waals surface area contributed by atoms with E-state index in [9.17, 15) is 9.59 Å². The minimum atomic E-state index is -0.729. The van der Waals surface area contributed by atoms with Crippen LogP contribution in [0.5, 0.6) is 0 Å². The SMILES string of the molecule is CC(C)C(NC(=O)c1ccccc1Cl)C(=O)Nc1cnc2c(cnn2C(C)C)c1. The first-order valence-electron chi connectivity index (χ1n) is 9.47. The summed E-state index contributed by atoms with van der Waals surface area (Å²) in [5, 5.41) is 11.1. The van der Waals surface area contributed by atoms with Crippen molar-refractivity contribution >= 4 is 40.1 Å². The van der Waals surface area contributed by atoms with E-state index < -0.39 is 11.9 Å². The molecule has 0 saturated carbocycles. The Morgan fingerprint density at radius 2 is 1.83 bits per heavy atom. The molecule has 0 radical (unpaired) electrons. The van der Waals surface area contributed by atoms with Gasteiger partial charge in [-0.25, -0.2) is 9.67 Å². The number of amides is 2. The number of carbonyl (C=O) groups is 2. The van der Waals surface area contributed by atoms with Gasteiger partial charge >= 0.3 is 0 Å². The topological polar surface area (TPSA) is 88.9 Å². The van der Waals surface area contributed by atoms with Gasteiger partial charge in [0.05, 0.1) is 28.7 Å². The van der Waals surface area contributed by atoms with Crippen molar-refractivity contribution in [2.75, 3.05) is 5.32 Å².